The van der Waals surface area contributed by atoms with Crippen molar-refractivity contribution in [2.24, 2.45) is 0 Å². The zero-order valence-electron chi connectivity index (χ0n) is 27.8. The number of alkyl halides is 3. The van der Waals surface area contributed by atoms with Gasteiger partial charge >= 0.3 is 11.6 Å². The van der Waals surface area contributed by atoms with E-state index in [4.69, 9.17) is 26.1 Å². The number of hydrogen-bond donors (Lipinski definition) is 1. The van der Waals surface area contributed by atoms with Crippen LogP contribution >= 0.6 is 23.4 Å². The Hall–Kier alpha value is -4.28. The van der Waals surface area contributed by atoms with Crippen molar-refractivity contribution < 1.29 is 32.2 Å². The summed E-state index contributed by atoms with van der Waals surface area (Å²) >= 11 is 5.95. The van der Waals surface area contributed by atoms with Crippen molar-refractivity contribution in [1.29, 1.82) is 0 Å². The fraction of sp³-hybridized carbons (Fsp3) is 0.424. The molecule has 4 heterocycles. The number of thioether (sulfide) groups is 1. The lowest BCUT2D eigenvalue weighted by molar-refractivity contribution is -0.116. The number of amides is 2. The van der Waals surface area contributed by atoms with Crippen LogP contribution in [0.1, 0.15) is 44.5 Å². The number of carbonyl (C=O) groups excluding carboxylic acids is 2. The molecule has 0 spiro atoms. The molecule has 266 valence electrons. The number of aromatic nitrogens is 4. The van der Waals surface area contributed by atoms with Gasteiger partial charge in [-0.2, -0.15) is 22.7 Å². The van der Waals surface area contributed by atoms with E-state index in [0.29, 0.717) is 62.8 Å². The highest BCUT2D eigenvalue weighted by molar-refractivity contribution is 8.00. The second-order valence-electron chi connectivity index (χ2n) is 12.9. The van der Waals surface area contributed by atoms with Crippen LogP contribution in [0.5, 0.6) is 0 Å². The largest absolute Gasteiger partial charge is 0.446 e. The minimum Gasteiger partial charge on any atom is -0.444 e. The molecular weight excluding hydrogens is 699 g/mol. The van der Waals surface area contributed by atoms with Crippen LogP contribution in [-0.2, 0) is 40.4 Å². The van der Waals surface area contributed by atoms with E-state index in [9.17, 15) is 27.6 Å². The zero-order valence-corrected chi connectivity index (χ0v) is 29.3. The van der Waals surface area contributed by atoms with Crippen molar-refractivity contribution in [1.82, 2.24) is 24.1 Å². The number of rotatable bonds is 7. The van der Waals surface area contributed by atoms with Gasteiger partial charge < -0.3 is 29.2 Å². The molecule has 0 bridgehead atoms. The van der Waals surface area contributed by atoms with Gasteiger partial charge in [-0.3, -0.25) is 9.59 Å². The molecule has 0 aliphatic carbocycles. The van der Waals surface area contributed by atoms with Gasteiger partial charge in [-0.15, -0.1) is 5.10 Å². The van der Waals surface area contributed by atoms with Crippen molar-refractivity contribution in [3.05, 3.63) is 68.6 Å². The summed E-state index contributed by atoms with van der Waals surface area (Å²) in [5.74, 6) is -0.142. The van der Waals surface area contributed by atoms with E-state index in [1.807, 2.05) is 30.0 Å². The van der Waals surface area contributed by atoms with E-state index in [1.54, 1.807) is 30.2 Å². The Kier molecular flexibility index (Phi) is 9.81. The van der Waals surface area contributed by atoms with E-state index in [0.717, 1.165) is 17.2 Å². The fourth-order valence-corrected chi connectivity index (χ4v) is 6.80. The van der Waals surface area contributed by atoms with Gasteiger partial charge in [-0.05, 0) is 74.3 Å². The first-order valence-electron chi connectivity index (χ1n) is 15.9. The summed E-state index contributed by atoms with van der Waals surface area (Å²) < 4.78 is 52.5. The molecule has 2 aromatic heterocycles. The van der Waals surface area contributed by atoms with E-state index >= 15 is 0 Å². The van der Waals surface area contributed by atoms with Crippen LogP contribution in [0.3, 0.4) is 0 Å². The molecule has 0 radical (unpaired) electrons. The Balaban J connectivity index is 1.36. The molecule has 2 amide bonds. The van der Waals surface area contributed by atoms with Crippen LogP contribution in [-0.4, -0.2) is 73.4 Å². The predicted octanol–water partition coefficient (Wildman–Crippen LogP) is 6.11. The minimum atomic E-state index is -4.49. The van der Waals surface area contributed by atoms with E-state index < -0.39 is 28.7 Å². The molecule has 1 saturated heterocycles. The molecule has 1 N–H and O–H groups in total. The van der Waals surface area contributed by atoms with Gasteiger partial charge in [0.05, 0.1) is 29.6 Å². The van der Waals surface area contributed by atoms with E-state index in [1.165, 1.54) is 16.6 Å². The van der Waals surface area contributed by atoms with E-state index in [2.05, 4.69) is 10.4 Å². The molecule has 6 rings (SSSR count). The summed E-state index contributed by atoms with van der Waals surface area (Å²) in [5.41, 5.74) is -1.90. The summed E-state index contributed by atoms with van der Waals surface area (Å²) in [5, 5.41) is 7.21. The number of ether oxygens (including phenoxy) is 2. The minimum absolute atomic E-state index is 0.0673. The first kappa shape index (κ1) is 35.5. The molecular formula is C33H35ClF3N7O5S. The predicted molar refractivity (Wildman–Crippen MR) is 183 cm³/mol. The summed E-state index contributed by atoms with van der Waals surface area (Å²) in [7, 11) is 0. The van der Waals surface area contributed by atoms with Gasteiger partial charge in [-0.25, -0.2) is 4.79 Å². The maximum atomic E-state index is 14.2. The SMILES string of the molecule is CCc1c(N2CCN(C(=O)OC(C)(C)C)CC2)c(=O)n2nc(-c3ccc4c(c3)COC4)nc2n1CC(=O)Nc1ccc(SC(F)(F)F)cc1Cl. The zero-order chi connectivity index (χ0) is 36.0. The van der Waals surface area contributed by atoms with Gasteiger partial charge in [0, 0.05) is 36.6 Å². The highest BCUT2D eigenvalue weighted by atomic mass is 35.5. The lowest BCUT2D eigenvalue weighted by Gasteiger charge is -2.37. The monoisotopic (exact) mass is 733 g/mol. The Bertz CT molecular complexity index is 2020. The molecule has 0 unspecified atom stereocenters. The molecule has 12 nitrogen and oxygen atoms in total. The van der Waals surface area contributed by atoms with Gasteiger partial charge in [0.15, 0.2) is 5.82 Å². The number of nitrogens with one attached hydrogen (secondary N) is 1. The normalized spacial score (nSPS) is 15.0. The number of piperazine rings is 1. The second-order valence-corrected chi connectivity index (χ2v) is 14.4. The summed E-state index contributed by atoms with van der Waals surface area (Å²) in [6.07, 6.45) is -0.106. The summed E-state index contributed by atoms with van der Waals surface area (Å²) in [4.78, 5) is 48.6. The Morgan fingerprint density at radius 2 is 1.76 bits per heavy atom. The van der Waals surface area contributed by atoms with Crippen molar-refractivity contribution in [3.63, 3.8) is 0 Å². The highest BCUT2D eigenvalue weighted by Crippen LogP contribution is 2.39. The number of benzene rings is 2. The topological polar surface area (TPSA) is 123 Å². The highest BCUT2D eigenvalue weighted by Gasteiger charge is 2.31. The number of fused-ring (bicyclic) bond motifs is 2. The van der Waals surface area contributed by atoms with Crippen LogP contribution in [0.4, 0.5) is 29.3 Å². The van der Waals surface area contributed by atoms with Crippen LogP contribution in [0.2, 0.25) is 5.02 Å². The fourth-order valence-electron chi connectivity index (χ4n) is 5.93. The smallest absolute Gasteiger partial charge is 0.444 e. The third kappa shape index (κ3) is 7.71. The summed E-state index contributed by atoms with van der Waals surface area (Å²) in [6, 6.07) is 9.35. The van der Waals surface area contributed by atoms with Crippen molar-refractivity contribution >= 4 is 52.5 Å². The first-order chi connectivity index (χ1) is 23.6. The van der Waals surface area contributed by atoms with Gasteiger partial charge in [-0.1, -0.05) is 30.7 Å². The van der Waals surface area contributed by atoms with E-state index in [-0.39, 0.29) is 45.5 Å². The van der Waals surface area contributed by atoms with Crippen LogP contribution < -0.4 is 15.8 Å². The molecule has 0 saturated carbocycles. The number of carbonyl (C=O) groups is 2. The van der Waals surface area contributed by atoms with Gasteiger partial charge in [0.25, 0.3) is 5.56 Å². The van der Waals surface area contributed by atoms with Crippen molar-refractivity contribution in [2.75, 3.05) is 36.4 Å². The van der Waals surface area contributed by atoms with Gasteiger partial charge in [0.1, 0.15) is 17.8 Å². The number of halogens is 4. The molecule has 50 heavy (non-hydrogen) atoms. The summed E-state index contributed by atoms with van der Waals surface area (Å²) in [6.45, 7) is 9.12. The van der Waals surface area contributed by atoms with Gasteiger partial charge in [0.2, 0.25) is 11.7 Å². The Morgan fingerprint density at radius 3 is 2.42 bits per heavy atom. The van der Waals surface area contributed by atoms with Crippen LogP contribution in [0.15, 0.2) is 46.1 Å². The average Bonchev–Trinajstić information content (AvgIpc) is 3.70. The molecule has 0 atom stereocenters. The third-order valence-corrected chi connectivity index (χ3v) is 9.17. The lowest BCUT2D eigenvalue weighted by Crippen LogP contribution is -2.51. The molecule has 2 aliphatic rings. The maximum Gasteiger partial charge on any atom is 0.446 e. The second kappa shape index (κ2) is 13.8. The van der Waals surface area contributed by atoms with Crippen molar-refractivity contribution in [2.45, 2.75) is 69.9 Å². The number of anilines is 2. The van der Waals surface area contributed by atoms with Crippen molar-refractivity contribution in [3.8, 4) is 11.4 Å². The quantitative estimate of drug-likeness (QED) is 0.224. The molecule has 1 fully saturated rings. The average molecular weight is 734 g/mol. The third-order valence-electron chi connectivity index (χ3n) is 8.14. The Labute approximate surface area is 294 Å². The van der Waals surface area contributed by atoms with Crippen LogP contribution in [0, 0.1) is 0 Å². The molecule has 2 aliphatic heterocycles. The lowest BCUT2D eigenvalue weighted by atomic mass is 10.1. The standard InChI is InChI=1S/C33H35ClF3N7O5S/c1-5-25-27(41-10-12-42(13-11-41)31(47)49-32(2,3)4)29(46)44-30(39-28(40-44)19-6-7-20-17-48-18-21(20)14-19)43(25)16-26(45)38-24-9-8-22(15-23(24)34)50-33(35,36)37/h6-9,14-15H,5,10-13,16-18H2,1-4H3,(H,38,45). The maximum absolute atomic E-state index is 14.2. The number of hydrogen-bond acceptors (Lipinski definition) is 9. The molecule has 17 heteroatoms. The molecule has 2 aromatic carbocycles. The van der Waals surface area contributed by atoms with Crippen LogP contribution in [0.25, 0.3) is 17.2 Å². The first-order valence-corrected chi connectivity index (χ1v) is 17.1. The number of nitrogens with zero attached hydrogens (tertiary/aromatic N) is 6. The molecule has 4 aromatic rings. The Morgan fingerprint density at radius 1 is 1.04 bits per heavy atom.